The standard InChI is InChI=1S/C9H15BrO/c1-2-3-4-6-9(11)7-5-8-10/h3-5,8-9,11H,2,6-7H2,1H3/b4-3-,8-5-/t9-/m1/s1. The molecular weight excluding hydrogens is 204 g/mol. The Hall–Kier alpha value is -0.0800. The largest absolute Gasteiger partial charge is 0.392 e. The molecule has 0 saturated heterocycles. The van der Waals surface area contributed by atoms with Crippen LogP contribution in [-0.2, 0) is 0 Å². The van der Waals surface area contributed by atoms with E-state index in [0.29, 0.717) is 0 Å². The summed E-state index contributed by atoms with van der Waals surface area (Å²) in [6.07, 6.45) is 8.29. The molecular formula is C9H15BrO. The molecule has 0 fully saturated rings. The van der Waals surface area contributed by atoms with Crippen molar-refractivity contribution in [1.82, 2.24) is 0 Å². The lowest BCUT2D eigenvalue weighted by molar-refractivity contribution is 0.181. The molecule has 0 unspecified atom stereocenters. The van der Waals surface area contributed by atoms with E-state index in [-0.39, 0.29) is 6.10 Å². The molecule has 0 aliphatic rings. The zero-order valence-electron chi connectivity index (χ0n) is 6.83. The van der Waals surface area contributed by atoms with Gasteiger partial charge in [-0.2, -0.15) is 0 Å². The van der Waals surface area contributed by atoms with Crippen molar-refractivity contribution < 1.29 is 5.11 Å². The number of aliphatic hydroxyl groups excluding tert-OH is 1. The molecule has 11 heavy (non-hydrogen) atoms. The topological polar surface area (TPSA) is 20.2 Å². The molecule has 0 amide bonds. The highest BCUT2D eigenvalue weighted by atomic mass is 79.9. The van der Waals surface area contributed by atoms with Crippen molar-refractivity contribution in [2.75, 3.05) is 0 Å². The number of allylic oxidation sites excluding steroid dienone is 1. The second kappa shape index (κ2) is 8.02. The summed E-state index contributed by atoms with van der Waals surface area (Å²) < 4.78 is 0. The van der Waals surface area contributed by atoms with E-state index < -0.39 is 0 Å². The van der Waals surface area contributed by atoms with Gasteiger partial charge in [-0.25, -0.2) is 0 Å². The third-order valence-electron chi connectivity index (χ3n) is 1.31. The Morgan fingerprint density at radius 2 is 1.91 bits per heavy atom. The van der Waals surface area contributed by atoms with Crippen LogP contribution in [0, 0.1) is 0 Å². The van der Waals surface area contributed by atoms with Gasteiger partial charge in [-0.15, -0.1) is 0 Å². The van der Waals surface area contributed by atoms with Crippen LogP contribution in [0.25, 0.3) is 0 Å². The van der Waals surface area contributed by atoms with Gasteiger partial charge < -0.3 is 5.11 Å². The Labute approximate surface area is 76.9 Å². The molecule has 0 rings (SSSR count). The highest BCUT2D eigenvalue weighted by molar-refractivity contribution is 9.11. The van der Waals surface area contributed by atoms with Gasteiger partial charge in [0, 0.05) is 0 Å². The molecule has 1 atom stereocenters. The zero-order chi connectivity index (χ0) is 8.53. The Balaban J connectivity index is 3.36. The van der Waals surface area contributed by atoms with Gasteiger partial charge in [0.05, 0.1) is 6.10 Å². The van der Waals surface area contributed by atoms with E-state index in [1.807, 2.05) is 12.2 Å². The maximum absolute atomic E-state index is 9.28. The van der Waals surface area contributed by atoms with Gasteiger partial charge in [-0.1, -0.05) is 41.1 Å². The first-order chi connectivity index (χ1) is 5.31. The summed E-state index contributed by atoms with van der Waals surface area (Å²) in [4.78, 5) is 1.78. The monoisotopic (exact) mass is 218 g/mol. The molecule has 0 aromatic carbocycles. The lowest BCUT2D eigenvalue weighted by atomic mass is 10.2. The van der Waals surface area contributed by atoms with Crippen LogP contribution in [0.15, 0.2) is 23.2 Å². The highest BCUT2D eigenvalue weighted by Gasteiger charge is 1.96. The molecule has 0 aromatic rings. The summed E-state index contributed by atoms with van der Waals surface area (Å²) in [5, 5.41) is 9.28. The summed E-state index contributed by atoms with van der Waals surface area (Å²) in [6, 6.07) is 0. The van der Waals surface area contributed by atoms with E-state index in [0.717, 1.165) is 19.3 Å². The van der Waals surface area contributed by atoms with Crippen LogP contribution >= 0.6 is 15.9 Å². The fourth-order valence-corrected chi connectivity index (χ4v) is 0.941. The smallest absolute Gasteiger partial charge is 0.0609 e. The van der Waals surface area contributed by atoms with Crippen molar-refractivity contribution in [2.24, 2.45) is 0 Å². The Morgan fingerprint density at radius 3 is 2.45 bits per heavy atom. The summed E-state index contributed by atoms with van der Waals surface area (Å²) in [6.45, 7) is 2.08. The normalized spacial score (nSPS) is 14.8. The average molecular weight is 219 g/mol. The van der Waals surface area contributed by atoms with Crippen LogP contribution in [0.5, 0.6) is 0 Å². The predicted molar refractivity (Wildman–Crippen MR) is 52.7 cm³/mol. The quantitative estimate of drug-likeness (QED) is 0.704. The van der Waals surface area contributed by atoms with E-state index in [2.05, 4.69) is 28.9 Å². The number of aliphatic hydroxyl groups is 1. The minimum Gasteiger partial charge on any atom is -0.392 e. The molecule has 64 valence electrons. The summed E-state index contributed by atoms with van der Waals surface area (Å²) in [5.74, 6) is 0. The summed E-state index contributed by atoms with van der Waals surface area (Å²) in [5.41, 5.74) is 0. The van der Waals surface area contributed by atoms with Crippen molar-refractivity contribution in [3.63, 3.8) is 0 Å². The number of halogens is 1. The Kier molecular flexibility index (Phi) is 7.96. The zero-order valence-corrected chi connectivity index (χ0v) is 8.42. The summed E-state index contributed by atoms with van der Waals surface area (Å²) in [7, 11) is 0. The van der Waals surface area contributed by atoms with Crippen molar-refractivity contribution in [3.05, 3.63) is 23.2 Å². The van der Waals surface area contributed by atoms with Crippen LogP contribution in [0.4, 0.5) is 0 Å². The number of rotatable bonds is 5. The molecule has 0 bridgehead atoms. The van der Waals surface area contributed by atoms with Crippen molar-refractivity contribution in [2.45, 2.75) is 32.3 Å². The van der Waals surface area contributed by atoms with Gasteiger partial charge in [-0.3, -0.25) is 0 Å². The fraction of sp³-hybridized carbons (Fsp3) is 0.556. The first-order valence-electron chi connectivity index (χ1n) is 3.89. The van der Waals surface area contributed by atoms with Gasteiger partial charge in [0.2, 0.25) is 0 Å². The third-order valence-corrected chi connectivity index (χ3v) is 1.68. The maximum atomic E-state index is 9.28. The molecule has 0 saturated carbocycles. The van der Waals surface area contributed by atoms with Gasteiger partial charge in [-0.05, 0) is 24.2 Å². The SMILES string of the molecule is CC/C=C\C[C@@H](O)C/C=C\Br. The molecule has 1 nitrogen and oxygen atoms in total. The van der Waals surface area contributed by atoms with E-state index in [1.165, 1.54) is 0 Å². The second-order valence-electron chi connectivity index (χ2n) is 2.37. The van der Waals surface area contributed by atoms with Gasteiger partial charge in [0.15, 0.2) is 0 Å². The van der Waals surface area contributed by atoms with Crippen LogP contribution in [0.2, 0.25) is 0 Å². The molecule has 2 heteroatoms. The minimum atomic E-state index is -0.230. The first-order valence-corrected chi connectivity index (χ1v) is 4.81. The maximum Gasteiger partial charge on any atom is 0.0609 e. The van der Waals surface area contributed by atoms with Crippen molar-refractivity contribution >= 4 is 15.9 Å². The van der Waals surface area contributed by atoms with Crippen LogP contribution in [0.3, 0.4) is 0 Å². The van der Waals surface area contributed by atoms with Gasteiger partial charge >= 0.3 is 0 Å². The lowest BCUT2D eigenvalue weighted by Gasteiger charge is -2.01. The molecule has 0 heterocycles. The Morgan fingerprint density at radius 1 is 1.27 bits per heavy atom. The number of hydrogen-bond donors (Lipinski definition) is 1. The number of hydrogen-bond acceptors (Lipinski definition) is 1. The average Bonchev–Trinajstić information content (AvgIpc) is 2.01. The van der Waals surface area contributed by atoms with E-state index in [4.69, 9.17) is 0 Å². The van der Waals surface area contributed by atoms with Crippen molar-refractivity contribution in [3.8, 4) is 0 Å². The van der Waals surface area contributed by atoms with Crippen LogP contribution < -0.4 is 0 Å². The van der Waals surface area contributed by atoms with E-state index in [9.17, 15) is 5.11 Å². The third kappa shape index (κ3) is 7.82. The van der Waals surface area contributed by atoms with E-state index in [1.54, 1.807) is 4.99 Å². The minimum absolute atomic E-state index is 0.230. The Bertz CT molecular complexity index is 130. The molecule has 0 radical (unpaired) electrons. The van der Waals surface area contributed by atoms with E-state index >= 15 is 0 Å². The van der Waals surface area contributed by atoms with Crippen molar-refractivity contribution in [1.29, 1.82) is 0 Å². The van der Waals surface area contributed by atoms with Gasteiger partial charge in [0.1, 0.15) is 0 Å². The highest BCUT2D eigenvalue weighted by Crippen LogP contribution is 2.01. The fourth-order valence-electron chi connectivity index (χ4n) is 0.725. The molecule has 0 spiro atoms. The molecule has 0 aliphatic carbocycles. The first kappa shape index (κ1) is 10.9. The second-order valence-corrected chi connectivity index (χ2v) is 2.90. The predicted octanol–water partition coefficient (Wildman–Crippen LogP) is 3.00. The van der Waals surface area contributed by atoms with Crippen LogP contribution in [0.1, 0.15) is 26.2 Å². The summed E-state index contributed by atoms with van der Waals surface area (Å²) >= 11 is 3.15. The molecule has 0 aromatic heterocycles. The van der Waals surface area contributed by atoms with Crippen LogP contribution in [-0.4, -0.2) is 11.2 Å². The molecule has 0 aliphatic heterocycles. The molecule has 1 N–H and O–H groups in total. The van der Waals surface area contributed by atoms with Gasteiger partial charge in [0.25, 0.3) is 0 Å². The lowest BCUT2D eigenvalue weighted by Crippen LogP contribution is -2.01.